The topological polar surface area (TPSA) is 32.3 Å². The third-order valence-corrected chi connectivity index (χ3v) is 8.78. The van der Waals surface area contributed by atoms with Crippen molar-refractivity contribution in [2.45, 2.75) is 70.1 Å². The highest BCUT2D eigenvalue weighted by atomic mass is 16.2. The molecule has 3 aliphatic rings. The molecule has 170 valence electrons. The van der Waals surface area contributed by atoms with E-state index in [9.17, 15) is 4.79 Å². The van der Waals surface area contributed by atoms with Gasteiger partial charge in [0.25, 0.3) is 0 Å². The minimum atomic E-state index is -0.297. The lowest BCUT2D eigenvalue weighted by Crippen LogP contribution is -2.54. The number of piperidine rings is 2. The van der Waals surface area contributed by atoms with Gasteiger partial charge in [0.15, 0.2) is 0 Å². The molecule has 3 nitrogen and oxygen atoms in total. The minimum absolute atomic E-state index is 0.297. The average molecular weight is 431 g/mol. The molecule has 2 aliphatic heterocycles. The van der Waals surface area contributed by atoms with Crippen LogP contribution in [0.3, 0.4) is 0 Å². The zero-order valence-corrected chi connectivity index (χ0v) is 19.8. The van der Waals surface area contributed by atoms with Crippen LogP contribution in [0, 0.1) is 19.3 Å². The first kappa shape index (κ1) is 21.7. The van der Waals surface area contributed by atoms with E-state index in [1.165, 1.54) is 28.7 Å². The van der Waals surface area contributed by atoms with Crippen LogP contribution in [-0.2, 0) is 10.2 Å². The molecular weight excluding hydrogens is 392 g/mol. The molecule has 1 atom stereocenters. The third-order valence-electron chi connectivity index (χ3n) is 8.78. The van der Waals surface area contributed by atoms with Crippen LogP contribution in [0.25, 0.3) is 0 Å². The molecule has 0 bridgehead atoms. The van der Waals surface area contributed by atoms with Crippen molar-refractivity contribution >= 4 is 5.91 Å². The van der Waals surface area contributed by atoms with Gasteiger partial charge in [-0.1, -0.05) is 72.5 Å². The number of nitrogens with one attached hydrogen (secondary N) is 1. The summed E-state index contributed by atoms with van der Waals surface area (Å²) in [6, 6.07) is 17.8. The summed E-state index contributed by atoms with van der Waals surface area (Å²) in [6.45, 7) is 8.31. The Morgan fingerprint density at radius 1 is 0.906 bits per heavy atom. The van der Waals surface area contributed by atoms with E-state index >= 15 is 0 Å². The van der Waals surface area contributed by atoms with Crippen molar-refractivity contribution < 1.29 is 4.79 Å². The molecule has 32 heavy (non-hydrogen) atoms. The number of rotatable bonds is 3. The van der Waals surface area contributed by atoms with E-state index in [1.54, 1.807) is 0 Å². The van der Waals surface area contributed by atoms with E-state index in [4.69, 9.17) is 0 Å². The van der Waals surface area contributed by atoms with Crippen LogP contribution in [0.2, 0.25) is 0 Å². The molecular formula is C29H38N2O. The standard InChI is InChI=1S/C29H38N2O/c1-22-18-23(2)20-25(19-22)29(10-6-7-11-29)27(32)31-16-13-28(14-17-31)12-15-30-21-26(28)24-8-4-3-5-9-24/h3-5,8-9,18-20,26,30H,6-7,10-17,21H2,1-2H3. The van der Waals surface area contributed by atoms with E-state index in [2.05, 4.69) is 72.6 Å². The minimum Gasteiger partial charge on any atom is -0.342 e. The second-order valence-electron chi connectivity index (χ2n) is 10.7. The van der Waals surface area contributed by atoms with Crippen LogP contribution in [0.1, 0.15) is 73.1 Å². The molecule has 0 radical (unpaired) electrons. The van der Waals surface area contributed by atoms with Crippen molar-refractivity contribution in [1.29, 1.82) is 0 Å². The van der Waals surface area contributed by atoms with Gasteiger partial charge in [0, 0.05) is 25.6 Å². The number of benzene rings is 2. The highest BCUT2D eigenvalue weighted by Crippen LogP contribution is 2.50. The quantitative estimate of drug-likeness (QED) is 0.697. The maximum Gasteiger partial charge on any atom is 0.233 e. The highest BCUT2D eigenvalue weighted by Gasteiger charge is 2.49. The first-order valence-electron chi connectivity index (χ1n) is 12.7. The zero-order valence-electron chi connectivity index (χ0n) is 19.8. The molecule has 2 aromatic rings. The van der Waals surface area contributed by atoms with Crippen molar-refractivity contribution in [1.82, 2.24) is 10.2 Å². The Hall–Kier alpha value is -2.13. The summed E-state index contributed by atoms with van der Waals surface area (Å²) >= 11 is 0. The third kappa shape index (κ3) is 3.79. The molecule has 2 saturated heterocycles. The van der Waals surface area contributed by atoms with E-state index in [0.717, 1.165) is 64.7 Å². The summed E-state index contributed by atoms with van der Waals surface area (Å²) in [7, 11) is 0. The first-order valence-corrected chi connectivity index (χ1v) is 12.7. The Balaban J connectivity index is 1.37. The summed E-state index contributed by atoms with van der Waals surface area (Å²) in [6.07, 6.45) is 7.82. The van der Waals surface area contributed by atoms with Gasteiger partial charge in [-0.25, -0.2) is 0 Å². The fourth-order valence-corrected chi connectivity index (χ4v) is 7.04. The van der Waals surface area contributed by atoms with Crippen molar-refractivity contribution in [3.8, 4) is 0 Å². The van der Waals surface area contributed by atoms with Crippen molar-refractivity contribution in [2.24, 2.45) is 5.41 Å². The van der Waals surface area contributed by atoms with Gasteiger partial charge in [-0.3, -0.25) is 4.79 Å². The van der Waals surface area contributed by atoms with Crippen LogP contribution in [0.15, 0.2) is 48.5 Å². The molecule has 5 rings (SSSR count). The Bertz CT molecular complexity index is 932. The van der Waals surface area contributed by atoms with Crippen LogP contribution in [0.5, 0.6) is 0 Å². The smallest absolute Gasteiger partial charge is 0.233 e. The molecule has 3 heteroatoms. The number of nitrogens with zero attached hydrogens (tertiary/aromatic N) is 1. The maximum atomic E-state index is 14.1. The lowest BCUT2D eigenvalue weighted by Gasteiger charge is -2.50. The molecule has 1 unspecified atom stereocenters. The molecule has 1 amide bonds. The normalized spacial score (nSPS) is 24.6. The maximum absolute atomic E-state index is 14.1. The molecule has 2 aromatic carbocycles. The molecule has 2 heterocycles. The lowest BCUT2D eigenvalue weighted by molar-refractivity contribution is -0.140. The van der Waals surface area contributed by atoms with Gasteiger partial charge < -0.3 is 10.2 Å². The molecule has 1 spiro atoms. The second-order valence-corrected chi connectivity index (χ2v) is 10.7. The number of hydrogen-bond donors (Lipinski definition) is 1. The molecule has 0 aromatic heterocycles. The predicted molar refractivity (Wildman–Crippen MR) is 131 cm³/mol. The van der Waals surface area contributed by atoms with Crippen LogP contribution in [0.4, 0.5) is 0 Å². The number of amides is 1. The summed E-state index contributed by atoms with van der Waals surface area (Å²) in [5.41, 5.74) is 5.30. The summed E-state index contributed by atoms with van der Waals surface area (Å²) < 4.78 is 0. The van der Waals surface area contributed by atoms with Gasteiger partial charge in [-0.05, 0) is 69.0 Å². The molecule has 1 aliphatic carbocycles. The van der Waals surface area contributed by atoms with Crippen LogP contribution in [-0.4, -0.2) is 37.0 Å². The fraction of sp³-hybridized carbons (Fsp3) is 0.552. The van der Waals surface area contributed by atoms with E-state index in [-0.39, 0.29) is 5.41 Å². The Labute approximate surface area is 193 Å². The number of hydrogen-bond acceptors (Lipinski definition) is 2. The van der Waals surface area contributed by atoms with Crippen LogP contribution >= 0.6 is 0 Å². The number of carbonyl (C=O) groups excluding carboxylic acids is 1. The predicted octanol–water partition coefficient (Wildman–Crippen LogP) is 5.50. The van der Waals surface area contributed by atoms with Gasteiger partial charge in [0.1, 0.15) is 0 Å². The Morgan fingerprint density at radius 3 is 2.22 bits per heavy atom. The summed E-state index contributed by atoms with van der Waals surface area (Å²) in [5.74, 6) is 0.953. The number of aryl methyl sites for hydroxylation is 2. The number of carbonyl (C=O) groups is 1. The second kappa shape index (κ2) is 8.67. The monoisotopic (exact) mass is 430 g/mol. The molecule has 1 saturated carbocycles. The summed E-state index contributed by atoms with van der Waals surface area (Å²) in [4.78, 5) is 16.3. The Kier molecular flexibility index (Phi) is 5.88. The fourth-order valence-electron chi connectivity index (χ4n) is 7.04. The van der Waals surface area contributed by atoms with Gasteiger partial charge in [-0.15, -0.1) is 0 Å². The molecule has 1 N–H and O–H groups in total. The SMILES string of the molecule is Cc1cc(C)cc(C2(C(=O)N3CCC4(CCNCC4c4ccccc4)CC3)CCCC2)c1. The largest absolute Gasteiger partial charge is 0.342 e. The van der Waals surface area contributed by atoms with E-state index in [1.807, 2.05) is 0 Å². The van der Waals surface area contributed by atoms with Crippen molar-refractivity contribution in [3.05, 3.63) is 70.8 Å². The van der Waals surface area contributed by atoms with Gasteiger partial charge in [-0.2, -0.15) is 0 Å². The average Bonchev–Trinajstić information content (AvgIpc) is 3.31. The van der Waals surface area contributed by atoms with Crippen LogP contribution < -0.4 is 5.32 Å². The van der Waals surface area contributed by atoms with Gasteiger partial charge in [0.2, 0.25) is 5.91 Å². The first-order chi connectivity index (χ1) is 15.5. The summed E-state index contributed by atoms with van der Waals surface area (Å²) in [5, 5.41) is 3.64. The van der Waals surface area contributed by atoms with Gasteiger partial charge in [0.05, 0.1) is 5.41 Å². The Morgan fingerprint density at radius 2 is 1.56 bits per heavy atom. The van der Waals surface area contributed by atoms with Gasteiger partial charge >= 0.3 is 0 Å². The highest BCUT2D eigenvalue weighted by molar-refractivity contribution is 5.89. The van der Waals surface area contributed by atoms with Crippen molar-refractivity contribution in [2.75, 3.05) is 26.2 Å². The lowest BCUT2D eigenvalue weighted by atomic mass is 9.62. The molecule has 3 fully saturated rings. The van der Waals surface area contributed by atoms with Crippen molar-refractivity contribution in [3.63, 3.8) is 0 Å². The van der Waals surface area contributed by atoms with E-state index in [0.29, 0.717) is 17.2 Å². The van der Waals surface area contributed by atoms with E-state index < -0.39 is 0 Å². The zero-order chi connectivity index (χ0) is 22.2. The number of likely N-dealkylation sites (tertiary alicyclic amines) is 1.